The van der Waals surface area contributed by atoms with Crippen LogP contribution in [0, 0.1) is 5.82 Å². The van der Waals surface area contributed by atoms with Gasteiger partial charge in [-0.15, -0.1) is 10.2 Å². The third-order valence-electron chi connectivity index (χ3n) is 7.46. The minimum Gasteiger partial charge on any atom is -0.497 e. The molecule has 2 aliphatic rings. The minimum atomic E-state index is -0.603. The highest BCUT2D eigenvalue weighted by Crippen LogP contribution is 2.32. The van der Waals surface area contributed by atoms with Gasteiger partial charge < -0.3 is 28.9 Å². The number of halogens is 1. The lowest BCUT2D eigenvalue weighted by molar-refractivity contribution is -0.132. The Hall–Kier alpha value is -4.25. The Morgan fingerprint density at radius 1 is 1.02 bits per heavy atom. The summed E-state index contributed by atoms with van der Waals surface area (Å²) >= 11 is 0. The van der Waals surface area contributed by atoms with Crippen molar-refractivity contribution in [3.63, 3.8) is 0 Å². The molecule has 2 aliphatic heterocycles. The smallest absolute Gasteiger partial charge is 0.257 e. The average molecular weight is 564 g/mol. The van der Waals surface area contributed by atoms with Gasteiger partial charge in [0.15, 0.2) is 5.82 Å². The van der Waals surface area contributed by atoms with Crippen LogP contribution in [0.25, 0.3) is 11.3 Å². The number of aromatic nitrogens is 2. The number of hydrogen-bond donors (Lipinski definition) is 0. The Morgan fingerprint density at radius 2 is 1.83 bits per heavy atom. The molecule has 1 aromatic heterocycles. The van der Waals surface area contributed by atoms with Crippen LogP contribution in [0.3, 0.4) is 0 Å². The number of hydrogen-bond acceptors (Lipinski definition) is 8. The van der Waals surface area contributed by atoms with Crippen LogP contribution in [0.1, 0.15) is 23.2 Å². The number of carbonyl (C=O) groups is 2. The van der Waals surface area contributed by atoms with Gasteiger partial charge in [0, 0.05) is 51.0 Å². The summed E-state index contributed by atoms with van der Waals surface area (Å²) in [6.07, 6.45) is 1.55. The van der Waals surface area contributed by atoms with Crippen LogP contribution in [0.15, 0.2) is 54.6 Å². The predicted molar refractivity (Wildman–Crippen MR) is 151 cm³/mol. The van der Waals surface area contributed by atoms with Crippen LogP contribution in [0.4, 0.5) is 10.2 Å². The fourth-order valence-electron chi connectivity index (χ4n) is 5.15. The van der Waals surface area contributed by atoms with E-state index in [1.807, 2.05) is 24.3 Å². The summed E-state index contributed by atoms with van der Waals surface area (Å²) in [4.78, 5) is 31.7. The maximum Gasteiger partial charge on any atom is 0.257 e. The molecule has 0 unspecified atom stereocenters. The van der Waals surface area contributed by atoms with E-state index >= 15 is 0 Å². The number of ether oxygens (including phenoxy) is 3. The number of benzene rings is 2. The number of anilines is 1. The van der Waals surface area contributed by atoms with Gasteiger partial charge in [-0.2, -0.15) is 0 Å². The van der Waals surface area contributed by atoms with Crippen molar-refractivity contribution in [2.75, 3.05) is 65.0 Å². The Labute approximate surface area is 238 Å². The maximum atomic E-state index is 14.4. The predicted octanol–water partition coefficient (Wildman–Crippen LogP) is 3.27. The molecule has 0 saturated carbocycles. The van der Waals surface area contributed by atoms with E-state index < -0.39 is 11.7 Å². The molecule has 3 aromatic rings. The summed E-state index contributed by atoms with van der Waals surface area (Å²) in [5.74, 6) is 0.751. The van der Waals surface area contributed by atoms with E-state index in [0.29, 0.717) is 55.8 Å². The first-order chi connectivity index (χ1) is 20.0. The molecule has 3 heterocycles. The lowest BCUT2D eigenvalue weighted by atomic mass is 10.1. The third-order valence-corrected chi connectivity index (χ3v) is 7.46. The topological polar surface area (TPSA) is 97.3 Å². The van der Waals surface area contributed by atoms with E-state index in [1.54, 1.807) is 31.3 Å². The monoisotopic (exact) mass is 563 g/mol. The molecule has 0 N–H and O–H groups in total. The average Bonchev–Trinajstić information content (AvgIpc) is 3.53. The van der Waals surface area contributed by atoms with Crippen LogP contribution >= 0.6 is 0 Å². The lowest BCUT2D eigenvalue weighted by Crippen LogP contribution is -2.52. The molecule has 2 amide bonds. The summed E-state index contributed by atoms with van der Waals surface area (Å²) in [6, 6.07) is 15.2. The van der Waals surface area contributed by atoms with Gasteiger partial charge in [-0.3, -0.25) is 9.59 Å². The second-order valence-corrected chi connectivity index (χ2v) is 10.0. The molecule has 0 bridgehead atoms. The normalized spacial score (nSPS) is 16.9. The highest BCUT2D eigenvalue weighted by Gasteiger charge is 2.29. The van der Waals surface area contributed by atoms with E-state index in [-0.39, 0.29) is 30.7 Å². The summed E-state index contributed by atoms with van der Waals surface area (Å²) in [6.45, 7) is 2.81. The van der Waals surface area contributed by atoms with Gasteiger partial charge in [-0.25, -0.2) is 4.39 Å². The van der Waals surface area contributed by atoms with Crippen LogP contribution in [0.2, 0.25) is 0 Å². The quantitative estimate of drug-likeness (QED) is 0.392. The molecule has 10 nitrogen and oxygen atoms in total. The number of rotatable bonds is 9. The van der Waals surface area contributed by atoms with Gasteiger partial charge in [-0.05, 0) is 49.2 Å². The molecule has 0 radical (unpaired) electrons. The number of methoxy groups -OCH3 is 2. The number of piperazine rings is 1. The van der Waals surface area contributed by atoms with Crippen molar-refractivity contribution in [2.24, 2.45) is 0 Å². The molecule has 5 rings (SSSR count). The van der Waals surface area contributed by atoms with Crippen molar-refractivity contribution in [3.05, 3.63) is 66.0 Å². The summed E-state index contributed by atoms with van der Waals surface area (Å²) < 4.78 is 30.9. The molecule has 2 aromatic carbocycles. The highest BCUT2D eigenvalue weighted by atomic mass is 19.1. The summed E-state index contributed by atoms with van der Waals surface area (Å²) in [7, 11) is 3.20. The first-order valence-electron chi connectivity index (χ1n) is 13.7. The molecule has 2 fully saturated rings. The van der Waals surface area contributed by atoms with Crippen LogP contribution in [0.5, 0.6) is 11.5 Å². The Kier molecular flexibility index (Phi) is 8.93. The standard InChI is InChI=1S/C30H34FN5O5/c1-39-21-9-10-24(27(18-21)40-2)26-11-12-28(33-32-26)34-13-15-35(16-14-34)29(37)20-36(19-22-6-5-17-41-22)30(38)23-7-3-4-8-25(23)31/h3-4,7-12,18,22H,5-6,13-17,19-20H2,1-2H3/t22-/m1/s1. The van der Waals surface area contributed by atoms with E-state index in [1.165, 1.54) is 23.1 Å². The molecule has 41 heavy (non-hydrogen) atoms. The second kappa shape index (κ2) is 12.9. The second-order valence-electron chi connectivity index (χ2n) is 10.0. The minimum absolute atomic E-state index is 0.0441. The van der Waals surface area contributed by atoms with E-state index in [0.717, 1.165) is 18.4 Å². The van der Waals surface area contributed by atoms with Crippen LogP contribution < -0.4 is 14.4 Å². The zero-order chi connectivity index (χ0) is 28.8. The first-order valence-corrected chi connectivity index (χ1v) is 13.7. The van der Waals surface area contributed by atoms with Gasteiger partial charge in [0.1, 0.15) is 23.9 Å². The molecular formula is C30H34FN5O5. The van der Waals surface area contributed by atoms with E-state index in [9.17, 15) is 14.0 Å². The SMILES string of the molecule is COc1ccc(-c2ccc(N3CCN(C(=O)CN(C[C@H]4CCCO4)C(=O)c4ccccc4F)CC3)nn2)c(OC)c1. The molecular weight excluding hydrogens is 529 g/mol. The van der Waals surface area contributed by atoms with E-state index in [4.69, 9.17) is 14.2 Å². The van der Waals surface area contributed by atoms with Gasteiger partial charge in [0.2, 0.25) is 5.91 Å². The maximum absolute atomic E-state index is 14.4. The zero-order valence-corrected chi connectivity index (χ0v) is 23.3. The Bertz CT molecular complexity index is 1360. The Balaban J connectivity index is 1.21. The largest absolute Gasteiger partial charge is 0.497 e. The molecule has 216 valence electrons. The summed E-state index contributed by atoms with van der Waals surface area (Å²) in [5, 5.41) is 8.83. The van der Waals surface area contributed by atoms with Gasteiger partial charge in [0.25, 0.3) is 5.91 Å². The van der Waals surface area contributed by atoms with Gasteiger partial charge >= 0.3 is 0 Å². The first kappa shape index (κ1) is 28.3. The van der Waals surface area contributed by atoms with Crippen molar-refractivity contribution < 1.29 is 28.2 Å². The van der Waals surface area contributed by atoms with Gasteiger partial charge in [-0.1, -0.05) is 12.1 Å². The zero-order valence-electron chi connectivity index (χ0n) is 23.3. The number of amides is 2. The van der Waals surface area contributed by atoms with Crippen molar-refractivity contribution in [1.29, 1.82) is 0 Å². The highest BCUT2D eigenvalue weighted by molar-refractivity contribution is 5.96. The van der Waals surface area contributed by atoms with E-state index in [2.05, 4.69) is 15.1 Å². The van der Waals surface area contributed by atoms with Gasteiger partial charge in [0.05, 0.1) is 31.6 Å². The van der Waals surface area contributed by atoms with Crippen LogP contribution in [-0.2, 0) is 9.53 Å². The lowest BCUT2D eigenvalue weighted by Gasteiger charge is -2.36. The molecule has 0 spiro atoms. The number of carbonyl (C=O) groups excluding carboxylic acids is 2. The van der Waals surface area contributed by atoms with Crippen molar-refractivity contribution >= 4 is 17.6 Å². The van der Waals surface area contributed by atoms with Crippen LogP contribution in [-0.4, -0.2) is 98.0 Å². The summed E-state index contributed by atoms with van der Waals surface area (Å²) in [5.41, 5.74) is 1.44. The Morgan fingerprint density at radius 3 is 2.49 bits per heavy atom. The van der Waals surface area contributed by atoms with Crippen molar-refractivity contribution in [3.8, 4) is 22.8 Å². The fourth-order valence-corrected chi connectivity index (χ4v) is 5.15. The number of nitrogens with zero attached hydrogens (tertiary/aromatic N) is 5. The fraction of sp³-hybridized carbons (Fsp3) is 0.400. The molecule has 0 aliphatic carbocycles. The van der Waals surface area contributed by atoms with Crippen molar-refractivity contribution in [1.82, 2.24) is 20.0 Å². The molecule has 1 atom stereocenters. The van der Waals surface area contributed by atoms with Crippen molar-refractivity contribution in [2.45, 2.75) is 18.9 Å². The molecule has 11 heteroatoms. The third kappa shape index (κ3) is 6.57. The molecule has 2 saturated heterocycles.